The van der Waals surface area contributed by atoms with Crippen LogP contribution in [0.1, 0.15) is 120 Å². The van der Waals surface area contributed by atoms with Crippen LogP contribution in [0.15, 0.2) is 11.6 Å². The molecule has 110 heavy (non-hydrogen) atoms. The summed E-state index contributed by atoms with van der Waals surface area (Å²) >= 11 is 0. The summed E-state index contributed by atoms with van der Waals surface area (Å²) in [7, 11) is 0. The Morgan fingerprint density at radius 2 is 1.00 bits per heavy atom. The van der Waals surface area contributed by atoms with E-state index < -0.39 is 299 Å². The van der Waals surface area contributed by atoms with E-state index in [4.69, 9.17) is 75.8 Å². The van der Waals surface area contributed by atoms with Crippen LogP contribution in [0.2, 0.25) is 0 Å². The van der Waals surface area contributed by atoms with E-state index in [2.05, 4.69) is 54.5 Å². The van der Waals surface area contributed by atoms with E-state index in [0.29, 0.717) is 44.9 Å². The zero-order valence-electron chi connectivity index (χ0n) is 63.2. The fraction of sp³-hybridized carbons (Fsp3) is 0.959. The van der Waals surface area contributed by atoms with Gasteiger partial charge >= 0.3 is 5.97 Å². The Morgan fingerprint density at radius 3 is 1.65 bits per heavy atom. The van der Waals surface area contributed by atoms with E-state index in [1.54, 1.807) is 0 Å². The van der Waals surface area contributed by atoms with E-state index in [-0.39, 0.29) is 36.7 Å². The number of fused-ring (bicyclic) bond motifs is 7. The number of rotatable bonds is 18. The van der Waals surface area contributed by atoms with E-state index >= 15 is 4.79 Å². The number of hydrogen-bond acceptors (Lipinski definition) is 37. The maximum Gasteiger partial charge on any atom is 0.317 e. The van der Waals surface area contributed by atoms with Gasteiger partial charge in [-0.3, -0.25) is 4.79 Å². The first-order valence-corrected chi connectivity index (χ1v) is 38.7. The molecule has 37 nitrogen and oxygen atoms in total. The van der Waals surface area contributed by atoms with Crippen LogP contribution < -0.4 is 0 Å². The Balaban J connectivity index is 0.769. The summed E-state index contributed by atoms with van der Waals surface area (Å²) in [6, 6.07) is 0. The molecule has 0 radical (unpaired) electrons. The second-order valence-corrected chi connectivity index (χ2v) is 35.5. The first-order valence-electron chi connectivity index (χ1n) is 38.7. The minimum absolute atomic E-state index is 0.000275. The monoisotopic (exact) mass is 1590 g/mol. The molecule has 0 spiro atoms. The Hall–Kier alpha value is -2.19. The Morgan fingerprint density at radius 1 is 0.473 bits per heavy atom. The van der Waals surface area contributed by atoms with Crippen LogP contribution in [-0.4, -0.2) is 375 Å². The first-order chi connectivity index (χ1) is 51.6. The normalized spacial score (nSPS) is 55.1. The minimum Gasteiger partial charge on any atom is -0.432 e. The SMILES string of the molecule is CC1OC(OC2C(O)COC(OC(=O)C34CCC(C)(C)CC3C3=CCC5C6(C)CCC(OC7OC(COC8OCC(O)C(O)C8O)C(O)C(O)C7O)C(C)(C)C6CCC5(C)C3(C)CC4O)C2OC2OC(C)C(OC3OCC(O)C(OC4OCC(O)C(O)C4O)C3O)C(OC3OCC(O)(CO)C3O)C2O)C(O)C(O)C1O. The summed E-state index contributed by atoms with van der Waals surface area (Å²) in [5, 5.41) is 222. The van der Waals surface area contributed by atoms with Gasteiger partial charge in [-0.15, -0.1) is 0 Å². The van der Waals surface area contributed by atoms with Crippen LogP contribution in [0, 0.1) is 50.2 Å². The molecule has 8 saturated heterocycles. The van der Waals surface area contributed by atoms with Gasteiger partial charge < -0.3 is 178 Å². The van der Waals surface area contributed by atoms with Crippen LogP contribution in [-0.2, 0) is 80.6 Å². The van der Waals surface area contributed by atoms with Gasteiger partial charge in [0.25, 0.3) is 0 Å². The molecule has 0 aromatic carbocycles. The number of carbonyl (C=O) groups excluding carboxylic acids is 1. The first kappa shape index (κ1) is 85.7. The third-order valence-corrected chi connectivity index (χ3v) is 28.0. The maximum atomic E-state index is 16.2. The number of aliphatic hydroxyl groups excluding tert-OH is 19. The highest BCUT2D eigenvalue weighted by Crippen LogP contribution is 2.76. The molecular formula is C73H118O37. The quantitative estimate of drug-likeness (QED) is 0.0345. The molecule has 43 atom stereocenters. The molecule has 37 heteroatoms. The van der Waals surface area contributed by atoms with Crippen molar-refractivity contribution >= 4 is 5.97 Å². The molecule has 13 aliphatic rings. The van der Waals surface area contributed by atoms with Crippen molar-refractivity contribution in [2.75, 3.05) is 46.2 Å². The van der Waals surface area contributed by atoms with E-state index in [1.165, 1.54) is 13.8 Å². The molecular weight excluding hydrogens is 1470 g/mol. The summed E-state index contributed by atoms with van der Waals surface area (Å²) < 4.78 is 97.1. The lowest BCUT2D eigenvalue weighted by atomic mass is 9.33. The summed E-state index contributed by atoms with van der Waals surface area (Å²) in [5.41, 5.74) is -5.64. The molecule has 0 aromatic heterocycles. The van der Waals surface area contributed by atoms with Crippen molar-refractivity contribution < 1.29 is 183 Å². The lowest BCUT2D eigenvalue weighted by Gasteiger charge is -2.71. The topological polar surface area (TPSA) is 569 Å². The molecule has 4 saturated carbocycles. The number of ether oxygens (including phenoxy) is 16. The largest absolute Gasteiger partial charge is 0.432 e. The van der Waals surface area contributed by atoms with Gasteiger partial charge in [0, 0.05) is 0 Å². The van der Waals surface area contributed by atoms with E-state index in [1.807, 2.05) is 0 Å². The van der Waals surface area contributed by atoms with Crippen LogP contribution in [0.4, 0.5) is 0 Å². The molecule has 0 aromatic rings. The van der Waals surface area contributed by atoms with Crippen molar-refractivity contribution in [3.63, 3.8) is 0 Å². The van der Waals surface area contributed by atoms with Crippen molar-refractivity contribution in [3.05, 3.63) is 11.6 Å². The summed E-state index contributed by atoms with van der Waals surface area (Å²) in [4.78, 5) is 16.2. The smallest absolute Gasteiger partial charge is 0.317 e. The molecule has 13 rings (SSSR count). The highest BCUT2D eigenvalue weighted by Gasteiger charge is 2.73. The Labute approximate surface area is 635 Å². The third-order valence-electron chi connectivity index (χ3n) is 28.0. The highest BCUT2D eigenvalue weighted by molar-refractivity contribution is 5.80. The lowest BCUT2D eigenvalue weighted by Crippen LogP contribution is -2.68. The number of allylic oxidation sites excluding steroid dienone is 2. The van der Waals surface area contributed by atoms with E-state index in [0.717, 1.165) is 5.57 Å². The van der Waals surface area contributed by atoms with E-state index in [9.17, 15) is 102 Å². The van der Waals surface area contributed by atoms with Crippen molar-refractivity contribution in [3.8, 4) is 0 Å². The summed E-state index contributed by atoms with van der Waals surface area (Å²) in [5.74, 6) is -1.59. The summed E-state index contributed by atoms with van der Waals surface area (Å²) in [6.45, 7) is 13.7. The standard InChI is InChI=1S/C73H118O37/c1-27-40(80)44(84)48(88)61(101-27)107-54-34(78)23-98-64(56(54)109-63-51(91)55(108-65-57(92)72(94,25-74)26-100-65)52(28(2)102-63)105-60-50(90)53(33(77)22-97-60)106-59-47(87)42(82)32(76)21-96-59)110-66(93)73-17-16-67(3,4)18-30(73)29-10-11-37-69(7)14-13-39(68(5,6)36(69)12-15-70(37,8)71(29,9)19-38(73)79)104-62-49(89)45(85)43(83)35(103-62)24-99-58-46(86)41(81)31(75)20-95-58/h10,27-28,30-65,74-92,94H,11-26H2,1-9H3. The van der Waals surface area contributed by atoms with Crippen LogP contribution in [0.25, 0.3) is 0 Å². The fourth-order valence-corrected chi connectivity index (χ4v) is 21.0. The number of carbonyl (C=O) groups is 1. The third kappa shape index (κ3) is 15.0. The Bertz CT molecular complexity index is 3180. The van der Waals surface area contributed by atoms with Gasteiger partial charge in [-0.25, -0.2) is 0 Å². The molecule has 632 valence electrons. The molecule has 5 aliphatic carbocycles. The molecule has 0 bridgehead atoms. The van der Waals surface area contributed by atoms with Crippen molar-refractivity contribution in [2.24, 2.45) is 50.2 Å². The molecule has 8 aliphatic heterocycles. The predicted octanol–water partition coefficient (Wildman–Crippen LogP) is -6.52. The summed E-state index contributed by atoms with van der Waals surface area (Å²) in [6.07, 6.45) is -52.4. The van der Waals surface area contributed by atoms with Gasteiger partial charge in [-0.1, -0.05) is 60.1 Å². The predicted molar refractivity (Wildman–Crippen MR) is 362 cm³/mol. The molecule has 12 fully saturated rings. The Kier molecular flexibility index (Phi) is 25.1. The van der Waals surface area contributed by atoms with Gasteiger partial charge in [-0.2, -0.15) is 0 Å². The maximum absolute atomic E-state index is 16.2. The number of esters is 1. The van der Waals surface area contributed by atoms with Gasteiger partial charge in [0.1, 0.15) is 145 Å². The number of aliphatic hydroxyl groups is 20. The van der Waals surface area contributed by atoms with Gasteiger partial charge in [0.15, 0.2) is 50.1 Å². The zero-order valence-corrected chi connectivity index (χ0v) is 63.2. The van der Waals surface area contributed by atoms with Gasteiger partial charge in [0.05, 0.1) is 70.7 Å². The molecule has 0 amide bonds. The molecule has 43 unspecified atom stereocenters. The second kappa shape index (κ2) is 32.2. The molecule has 20 N–H and O–H groups in total. The van der Waals surface area contributed by atoms with Crippen molar-refractivity contribution in [1.82, 2.24) is 0 Å². The second-order valence-electron chi connectivity index (χ2n) is 35.5. The van der Waals surface area contributed by atoms with Gasteiger partial charge in [0.2, 0.25) is 6.29 Å². The van der Waals surface area contributed by atoms with Crippen LogP contribution in [0.3, 0.4) is 0 Å². The van der Waals surface area contributed by atoms with Crippen molar-refractivity contribution in [2.45, 2.75) is 341 Å². The van der Waals surface area contributed by atoms with Crippen LogP contribution in [0.5, 0.6) is 0 Å². The van der Waals surface area contributed by atoms with Gasteiger partial charge in [-0.05, 0) is 116 Å². The minimum atomic E-state index is -2.30. The lowest BCUT2D eigenvalue weighted by molar-refractivity contribution is -0.394. The molecule has 8 heterocycles. The average molecular weight is 1590 g/mol. The fourth-order valence-electron chi connectivity index (χ4n) is 21.0. The number of hydrogen-bond donors (Lipinski definition) is 20. The zero-order chi connectivity index (χ0) is 79.9. The van der Waals surface area contributed by atoms with Crippen LogP contribution >= 0.6 is 0 Å². The average Bonchev–Trinajstić information content (AvgIpc) is 0.865. The highest BCUT2D eigenvalue weighted by atomic mass is 16.8. The van der Waals surface area contributed by atoms with Crippen molar-refractivity contribution in [1.29, 1.82) is 0 Å².